The van der Waals surface area contributed by atoms with Gasteiger partial charge >= 0.3 is 0 Å². The molecule has 0 saturated carbocycles. The van der Waals surface area contributed by atoms with Crippen LogP contribution in [0.25, 0.3) is 0 Å². The molecule has 1 saturated heterocycles. The second kappa shape index (κ2) is 6.71. The fraction of sp³-hybridized carbons (Fsp3) is 0.611. The van der Waals surface area contributed by atoms with Crippen LogP contribution in [0, 0.1) is 16.7 Å². The lowest BCUT2D eigenvalue weighted by molar-refractivity contribution is 0.263. The van der Waals surface area contributed by atoms with Crippen LogP contribution in [0.15, 0.2) is 18.2 Å². The van der Waals surface area contributed by atoms with Crippen molar-refractivity contribution in [1.29, 1.82) is 5.26 Å². The Bertz CT molecular complexity index is 527. The number of nitrogens with zero attached hydrogens (tertiary/aromatic N) is 2. The smallest absolute Gasteiger partial charge is 0.101 e. The molecule has 1 aromatic rings. The first-order valence-corrected chi connectivity index (χ1v) is 8.39. The van der Waals surface area contributed by atoms with Crippen LogP contribution in [0.3, 0.4) is 0 Å². The van der Waals surface area contributed by atoms with Crippen molar-refractivity contribution in [3.05, 3.63) is 28.8 Å². The zero-order valence-corrected chi connectivity index (χ0v) is 14.1. The van der Waals surface area contributed by atoms with Gasteiger partial charge in [0, 0.05) is 18.3 Å². The standard InChI is InChI=1S/C18H25ClN2/c1-4-8-18(9-5-2)11-14(3)21(13-18)16-7-6-15(12-20)17(19)10-16/h6-7,10,14H,4-5,8-9,11,13H2,1-3H3. The molecule has 1 heterocycles. The first kappa shape index (κ1) is 16.2. The molecule has 21 heavy (non-hydrogen) atoms. The maximum absolute atomic E-state index is 9.00. The maximum Gasteiger partial charge on any atom is 0.101 e. The first-order valence-electron chi connectivity index (χ1n) is 8.01. The van der Waals surface area contributed by atoms with Crippen LogP contribution in [0.2, 0.25) is 5.02 Å². The Morgan fingerprint density at radius 3 is 2.52 bits per heavy atom. The lowest BCUT2D eigenvalue weighted by Gasteiger charge is -2.29. The fourth-order valence-electron chi connectivity index (χ4n) is 3.99. The van der Waals surface area contributed by atoms with Crippen molar-refractivity contribution in [2.45, 2.75) is 58.9 Å². The van der Waals surface area contributed by atoms with Crippen molar-refractivity contribution in [3.63, 3.8) is 0 Å². The molecule has 1 aromatic carbocycles. The van der Waals surface area contributed by atoms with E-state index in [0.29, 0.717) is 22.0 Å². The Hall–Kier alpha value is -1.20. The molecule has 0 aliphatic carbocycles. The molecule has 0 amide bonds. The average Bonchev–Trinajstić information content (AvgIpc) is 2.76. The largest absolute Gasteiger partial charge is 0.368 e. The molecule has 2 rings (SSSR count). The Kier molecular flexibility index (Phi) is 5.17. The average molecular weight is 305 g/mol. The summed E-state index contributed by atoms with van der Waals surface area (Å²) in [6.07, 6.45) is 6.34. The monoisotopic (exact) mass is 304 g/mol. The SMILES string of the molecule is CCCC1(CCC)CC(C)N(c2ccc(C#N)c(Cl)c2)C1. The number of nitriles is 1. The summed E-state index contributed by atoms with van der Waals surface area (Å²) < 4.78 is 0. The summed E-state index contributed by atoms with van der Waals surface area (Å²) in [5.74, 6) is 0. The van der Waals surface area contributed by atoms with E-state index in [1.54, 1.807) is 0 Å². The van der Waals surface area contributed by atoms with E-state index in [0.717, 1.165) is 12.2 Å². The zero-order chi connectivity index (χ0) is 15.5. The Morgan fingerprint density at radius 1 is 1.33 bits per heavy atom. The van der Waals surface area contributed by atoms with Gasteiger partial charge in [0.1, 0.15) is 6.07 Å². The third-order valence-electron chi connectivity index (χ3n) is 4.73. The molecule has 1 fully saturated rings. The maximum atomic E-state index is 9.00. The topological polar surface area (TPSA) is 27.0 Å². The molecule has 1 atom stereocenters. The first-order chi connectivity index (χ1) is 10.0. The van der Waals surface area contributed by atoms with Crippen molar-refractivity contribution >= 4 is 17.3 Å². The van der Waals surface area contributed by atoms with Crippen LogP contribution in [-0.2, 0) is 0 Å². The van der Waals surface area contributed by atoms with Gasteiger partial charge in [-0.2, -0.15) is 5.26 Å². The molecule has 2 nitrogen and oxygen atoms in total. The van der Waals surface area contributed by atoms with Gasteiger partial charge in [0.15, 0.2) is 0 Å². The highest BCUT2D eigenvalue weighted by Gasteiger charge is 2.40. The number of benzene rings is 1. The van der Waals surface area contributed by atoms with E-state index in [-0.39, 0.29) is 0 Å². The number of rotatable bonds is 5. The summed E-state index contributed by atoms with van der Waals surface area (Å²) in [5.41, 5.74) is 2.16. The van der Waals surface area contributed by atoms with Crippen LogP contribution in [0.5, 0.6) is 0 Å². The van der Waals surface area contributed by atoms with Crippen molar-refractivity contribution < 1.29 is 0 Å². The van der Waals surface area contributed by atoms with Crippen LogP contribution in [-0.4, -0.2) is 12.6 Å². The number of hydrogen-bond donors (Lipinski definition) is 0. The van der Waals surface area contributed by atoms with Crippen LogP contribution < -0.4 is 4.90 Å². The van der Waals surface area contributed by atoms with Gasteiger partial charge in [0.2, 0.25) is 0 Å². The highest BCUT2D eigenvalue weighted by Crippen LogP contribution is 2.44. The molecule has 1 unspecified atom stereocenters. The molecule has 0 bridgehead atoms. The minimum atomic E-state index is 0.448. The molecule has 3 heteroatoms. The van der Waals surface area contributed by atoms with E-state index in [9.17, 15) is 0 Å². The van der Waals surface area contributed by atoms with Gasteiger partial charge in [-0.3, -0.25) is 0 Å². The highest BCUT2D eigenvalue weighted by atomic mass is 35.5. The van der Waals surface area contributed by atoms with E-state index in [2.05, 4.69) is 31.7 Å². The van der Waals surface area contributed by atoms with Gasteiger partial charge in [-0.05, 0) is 49.8 Å². The lowest BCUT2D eigenvalue weighted by Crippen LogP contribution is -2.29. The van der Waals surface area contributed by atoms with Gasteiger partial charge in [0.05, 0.1) is 10.6 Å². The van der Waals surface area contributed by atoms with E-state index < -0.39 is 0 Å². The third kappa shape index (κ3) is 3.35. The summed E-state index contributed by atoms with van der Waals surface area (Å²) >= 11 is 6.20. The number of hydrogen-bond acceptors (Lipinski definition) is 2. The van der Waals surface area contributed by atoms with E-state index in [4.69, 9.17) is 16.9 Å². The summed E-state index contributed by atoms with van der Waals surface area (Å²) in [4.78, 5) is 2.47. The Morgan fingerprint density at radius 2 is 2.00 bits per heavy atom. The van der Waals surface area contributed by atoms with Gasteiger partial charge in [-0.1, -0.05) is 38.3 Å². The lowest BCUT2D eigenvalue weighted by atomic mass is 9.77. The molecular formula is C18H25ClN2. The van der Waals surface area contributed by atoms with Crippen LogP contribution in [0.1, 0.15) is 58.4 Å². The quantitative estimate of drug-likeness (QED) is 0.728. The Balaban J connectivity index is 2.25. The minimum absolute atomic E-state index is 0.448. The summed E-state index contributed by atoms with van der Waals surface area (Å²) in [6.45, 7) is 7.98. The highest BCUT2D eigenvalue weighted by molar-refractivity contribution is 6.32. The summed E-state index contributed by atoms with van der Waals surface area (Å²) in [7, 11) is 0. The van der Waals surface area contributed by atoms with E-state index in [1.165, 1.54) is 32.1 Å². The second-order valence-electron chi connectivity index (χ2n) is 6.46. The predicted molar refractivity (Wildman–Crippen MR) is 89.8 cm³/mol. The van der Waals surface area contributed by atoms with Gasteiger partial charge in [-0.25, -0.2) is 0 Å². The molecule has 0 spiro atoms. The van der Waals surface area contributed by atoms with Crippen molar-refractivity contribution in [2.75, 3.05) is 11.4 Å². The molecule has 0 N–H and O–H groups in total. The molecule has 0 aromatic heterocycles. The van der Waals surface area contributed by atoms with E-state index in [1.807, 2.05) is 18.2 Å². The molecule has 1 aliphatic heterocycles. The minimum Gasteiger partial charge on any atom is -0.368 e. The normalized spacial score (nSPS) is 20.5. The summed E-state index contributed by atoms with van der Waals surface area (Å²) in [5, 5.41) is 9.56. The van der Waals surface area contributed by atoms with Crippen LogP contribution in [0.4, 0.5) is 5.69 Å². The predicted octanol–water partition coefficient (Wildman–Crippen LogP) is 5.40. The van der Waals surface area contributed by atoms with Crippen molar-refractivity contribution in [1.82, 2.24) is 0 Å². The zero-order valence-electron chi connectivity index (χ0n) is 13.3. The molecular weight excluding hydrogens is 280 g/mol. The Labute approximate surface area is 133 Å². The van der Waals surface area contributed by atoms with Gasteiger partial charge in [0.25, 0.3) is 0 Å². The fourth-order valence-corrected chi connectivity index (χ4v) is 4.20. The molecule has 114 valence electrons. The van der Waals surface area contributed by atoms with Crippen LogP contribution >= 0.6 is 11.6 Å². The van der Waals surface area contributed by atoms with E-state index >= 15 is 0 Å². The molecule has 1 aliphatic rings. The van der Waals surface area contributed by atoms with Crippen molar-refractivity contribution in [3.8, 4) is 6.07 Å². The number of anilines is 1. The third-order valence-corrected chi connectivity index (χ3v) is 5.04. The van der Waals surface area contributed by atoms with Gasteiger partial charge in [-0.15, -0.1) is 0 Å². The molecule has 0 radical (unpaired) electrons. The summed E-state index contributed by atoms with van der Waals surface area (Å²) in [6, 6.07) is 8.49. The number of halogens is 1. The van der Waals surface area contributed by atoms with Gasteiger partial charge < -0.3 is 4.90 Å². The van der Waals surface area contributed by atoms with Crippen molar-refractivity contribution in [2.24, 2.45) is 5.41 Å². The second-order valence-corrected chi connectivity index (χ2v) is 6.86.